The Balaban J connectivity index is 1.73. The lowest BCUT2D eigenvalue weighted by atomic mass is 10.2. The molecule has 0 heterocycles. The summed E-state index contributed by atoms with van der Waals surface area (Å²) >= 11 is 0. The van der Waals surface area contributed by atoms with Crippen molar-refractivity contribution in [1.82, 2.24) is 0 Å². The fraction of sp³-hybridized carbons (Fsp3) is 0.333. The van der Waals surface area contributed by atoms with Gasteiger partial charge in [0.2, 0.25) is 0 Å². The molecule has 0 aromatic heterocycles. The van der Waals surface area contributed by atoms with Crippen LogP contribution < -0.4 is 0 Å². The first-order valence-corrected chi connectivity index (χ1v) is 7.35. The Bertz CT molecular complexity index is 515. The van der Waals surface area contributed by atoms with Crippen LogP contribution >= 0.6 is 0 Å². The smallest absolute Gasteiger partial charge is 0.109 e. The molecule has 0 aliphatic heterocycles. The van der Waals surface area contributed by atoms with E-state index >= 15 is 0 Å². The van der Waals surface area contributed by atoms with Crippen LogP contribution in [-0.2, 0) is 22.7 Å². The topological polar surface area (TPSA) is 58.9 Å². The van der Waals surface area contributed by atoms with E-state index in [1.54, 1.807) is 0 Å². The summed E-state index contributed by atoms with van der Waals surface area (Å²) in [4.78, 5) is 0. The van der Waals surface area contributed by atoms with E-state index in [0.717, 1.165) is 11.1 Å². The van der Waals surface area contributed by atoms with Gasteiger partial charge in [0.25, 0.3) is 0 Å². The van der Waals surface area contributed by atoms with Crippen molar-refractivity contribution in [2.45, 2.75) is 25.4 Å². The SMILES string of the molecule is OCC(OCc1ccccc1)C(O)COCc1ccccc1. The maximum Gasteiger partial charge on any atom is 0.109 e. The van der Waals surface area contributed by atoms with Gasteiger partial charge in [0.1, 0.15) is 12.2 Å². The maximum absolute atomic E-state index is 10.1. The Morgan fingerprint density at radius 2 is 1.36 bits per heavy atom. The van der Waals surface area contributed by atoms with Crippen molar-refractivity contribution < 1.29 is 19.7 Å². The quantitative estimate of drug-likeness (QED) is 0.745. The summed E-state index contributed by atoms with van der Waals surface area (Å²) < 4.78 is 11.0. The van der Waals surface area contributed by atoms with E-state index in [1.165, 1.54) is 0 Å². The molecular weight excluding hydrogens is 280 g/mol. The average Bonchev–Trinajstić information content (AvgIpc) is 2.57. The van der Waals surface area contributed by atoms with Crippen molar-refractivity contribution in [2.24, 2.45) is 0 Å². The van der Waals surface area contributed by atoms with Gasteiger partial charge in [-0.25, -0.2) is 0 Å². The molecule has 0 saturated heterocycles. The third-order valence-corrected chi connectivity index (χ3v) is 3.32. The molecule has 2 aromatic carbocycles. The molecule has 0 fully saturated rings. The highest BCUT2D eigenvalue weighted by Gasteiger charge is 2.19. The van der Waals surface area contributed by atoms with Crippen molar-refractivity contribution >= 4 is 0 Å². The number of benzene rings is 2. The third kappa shape index (κ3) is 5.58. The zero-order valence-electron chi connectivity index (χ0n) is 12.5. The lowest BCUT2D eigenvalue weighted by Crippen LogP contribution is -2.35. The van der Waals surface area contributed by atoms with Gasteiger partial charge in [-0.15, -0.1) is 0 Å². The minimum Gasteiger partial charge on any atom is -0.394 e. The number of rotatable bonds is 9. The molecule has 0 aliphatic rings. The van der Waals surface area contributed by atoms with Gasteiger partial charge in [0.15, 0.2) is 0 Å². The summed E-state index contributed by atoms with van der Waals surface area (Å²) in [6, 6.07) is 19.4. The number of aliphatic hydroxyl groups is 2. The summed E-state index contributed by atoms with van der Waals surface area (Å²) in [7, 11) is 0. The van der Waals surface area contributed by atoms with Gasteiger partial charge in [0, 0.05) is 0 Å². The molecule has 118 valence electrons. The van der Waals surface area contributed by atoms with Crippen LogP contribution in [0, 0.1) is 0 Å². The van der Waals surface area contributed by atoms with Gasteiger partial charge in [-0.05, 0) is 11.1 Å². The molecule has 2 rings (SSSR count). The van der Waals surface area contributed by atoms with E-state index in [9.17, 15) is 10.2 Å². The second kappa shape index (κ2) is 9.33. The molecule has 2 aromatic rings. The van der Waals surface area contributed by atoms with Crippen LogP contribution in [0.1, 0.15) is 11.1 Å². The first-order chi connectivity index (χ1) is 10.8. The summed E-state index contributed by atoms with van der Waals surface area (Å²) in [5.74, 6) is 0. The highest BCUT2D eigenvalue weighted by atomic mass is 16.5. The van der Waals surface area contributed by atoms with Crippen molar-refractivity contribution in [3.05, 3.63) is 71.8 Å². The van der Waals surface area contributed by atoms with Crippen LogP contribution in [0.4, 0.5) is 0 Å². The van der Waals surface area contributed by atoms with Crippen molar-refractivity contribution in [2.75, 3.05) is 13.2 Å². The molecule has 0 radical (unpaired) electrons. The molecule has 0 spiro atoms. The fourth-order valence-electron chi connectivity index (χ4n) is 2.04. The second-order valence-electron chi connectivity index (χ2n) is 5.09. The predicted octanol–water partition coefficient (Wildman–Crippen LogP) is 2.14. The van der Waals surface area contributed by atoms with Crippen LogP contribution in [0.15, 0.2) is 60.7 Å². The van der Waals surface area contributed by atoms with Gasteiger partial charge >= 0.3 is 0 Å². The Kier molecular flexibility index (Phi) is 7.06. The van der Waals surface area contributed by atoms with Crippen LogP contribution in [0.25, 0.3) is 0 Å². The van der Waals surface area contributed by atoms with Gasteiger partial charge in [0.05, 0.1) is 26.4 Å². The van der Waals surface area contributed by atoms with Gasteiger partial charge in [-0.2, -0.15) is 0 Å². The summed E-state index contributed by atoms with van der Waals surface area (Å²) in [5.41, 5.74) is 2.04. The highest BCUT2D eigenvalue weighted by Crippen LogP contribution is 2.08. The molecule has 0 aliphatic carbocycles. The Morgan fingerprint density at radius 1 is 0.818 bits per heavy atom. The predicted molar refractivity (Wildman–Crippen MR) is 84.2 cm³/mol. The van der Waals surface area contributed by atoms with Crippen LogP contribution in [-0.4, -0.2) is 35.6 Å². The number of hydrogen-bond acceptors (Lipinski definition) is 4. The Hall–Kier alpha value is -1.72. The van der Waals surface area contributed by atoms with Gasteiger partial charge in [-0.1, -0.05) is 60.7 Å². The van der Waals surface area contributed by atoms with Crippen LogP contribution in [0.2, 0.25) is 0 Å². The Labute approximate surface area is 130 Å². The molecule has 2 unspecified atom stereocenters. The zero-order valence-corrected chi connectivity index (χ0v) is 12.5. The number of hydrogen-bond donors (Lipinski definition) is 2. The van der Waals surface area contributed by atoms with E-state index in [1.807, 2.05) is 60.7 Å². The van der Waals surface area contributed by atoms with E-state index in [0.29, 0.717) is 13.2 Å². The summed E-state index contributed by atoms with van der Waals surface area (Å²) in [5, 5.41) is 19.4. The average molecular weight is 302 g/mol. The number of aliphatic hydroxyl groups excluding tert-OH is 2. The largest absolute Gasteiger partial charge is 0.394 e. The lowest BCUT2D eigenvalue weighted by molar-refractivity contribution is -0.0984. The molecule has 2 N–H and O–H groups in total. The van der Waals surface area contributed by atoms with E-state index < -0.39 is 12.2 Å². The lowest BCUT2D eigenvalue weighted by Gasteiger charge is -2.21. The third-order valence-electron chi connectivity index (χ3n) is 3.32. The molecule has 4 heteroatoms. The highest BCUT2D eigenvalue weighted by molar-refractivity contribution is 5.14. The maximum atomic E-state index is 10.1. The number of ether oxygens (including phenoxy) is 2. The molecule has 0 amide bonds. The van der Waals surface area contributed by atoms with Crippen molar-refractivity contribution in [1.29, 1.82) is 0 Å². The first-order valence-electron chi connectivity index (χ1n) is 7.35. The first kappa shape index (κ1) is 16.6. The minimum atomic E-state index is -0.863. The standard InChI is InChI=1S/C18H22O4/c19-11-18(22-13-16-9-5-2-6-10-16)17(20)14-21-12-15-7-3-1-4-8-15/h1-10,17-20H,11-14H2. The molecule has 22 heavy (non-hydrogen) atoms. The zero-order chi connectivity index (χ0) is 15.6. The summed E-state index contributed by atoms with van der Waals surface area (Å²) in [6.45, 7) is 0.647. The molecule has 0 bridgehead atoms. The van der Waals surface area contributed by atoms with Crippen molar-refractivity contribution in [3.8, 4) is 0 Å². The van der Waals surface area contributed by atoms with E-state index in [2.05, 4.69) is 0 Å². The fourth-order valence-corrected chi connectivity index (χ4v) is 2.04. The van der Waals surface area contributed by atoms with E-state index in [-0.39, 0.29) is 13.2 Å². The molecule has 2 atom stereocenters. The van der Waals surface area contributed by atoms with Crippen molar-refractivity contribution in [3.63, 3.8) is 0 Å². The van der Waals surface area contributed by atoms with Crippen LogP contribution in [0.3, 0.4) is 0 Å². The monoisotopic (exact) mass is 302 g/mol. The van der Waals surface area contributed by atoms with Gasteiger partial charge < -0.3 is 19.7 Å². The minimum absolute atomic E-state index is 0.120. The van der Waals surface area contributed by atoms with E-state index in [4.69, 9.17) is 9.47 Å². The molecular formula is C18H22O4. The normalized spacial score (nSPS) is 13.7. The van der Waals surface area contributed by atoms with Gasteiger partial charge in [-0.3, -0.25) is 0 Å². The summed E-state index contributed by atoms with van der Waals surface area (Å²) in [6.07, 6.45) is -1.52. The molecule has 4 nitrogen and oxygen atoms in total. The Morgan fingerprint density at radius 3 is 1.91 bits per heavy atom. The van der Waals surface area contributed by atoms with Crippen LogP contribution in [0.5, 0.6) is 0 Å². The molecule has 0 saturated carbocycles. The second-order valence-corrected chi connectivity index (χ2v) is 5.09.